The van der Waals surface area contributed by atoms with E-state index >= 15 is 0 Å². The Morgan fingerprint density at radius 3 is 2.27 bits per heavy atom. The van der Waals surface area contributed by atoms with Gasteiger partial charge < -0.3 is 5.32 Å². The predicted octanol–water partition coefficient (Wildman–Crippen LogP) is 3.26. The van der Waals surface area contributed by atoms with Crippen LogP contribution >= 0.6 is 0 Å². The van der Waals surface area contributed by atoms with Crippen LogP contribution in [0.25, 0.3) is 0 Å². The second-order valence-electron chi connectivity index (χ2n) is 6.95. The highest BCUT2D eigenvalue weighted by Crippen LogP contribution is 2.25. The van der Waals surface area contributed by atoms with Crippen LogP contribution in [0.2, 0.25) is 0 Å². The molecule has 2 aromatic carbocycles. The number of hydrogen-bond donors (Lipinski definition) is 1. The molecule has 2 aromatic rings. The quantitative estimate of drug-likeness (QED) is 0.842. The number of rotatable bonds is 5. The number of carbonyl (C=O) groups excluding carboxylic acids is 3. The van der Waals surface area contributed by atoms with Crippen LogP contribution in [0.5, 0.6) is 0 Å². The molecule has 1 aliphatic heterocycles. The van der Waals surface area contributed by atoms with Crippen molar-refractivity contribution in [2.45, 2.75) is 33.4 Å². The van der Waals surface area contributed by atoms with Crippen molar-refractivity contribution >= 4 is 17.7 Å². The van der Waals surface area contributed by atoms with Crippen molar-refractivity contribution < 1.29 is 14.4 Å². The molecule has 1 unspecified atom stereocenters. The molecule has 0 aliphatic carbocycles. The largest absolute Gasteiger partial charge is 0.349 e. The van der Waals surface area contributed by atoms with Gasteiger partial charge in [-0.05, 0) is 36.6 Å². The summed E-state index contributed by atoms with van der Waals surface area (Å²) in [6.07, 6.45) is 0. The lowest BCUT2D eigenvalue weighted by molar-refractivity contribution is 0.0642. The van der Waals surface area contributed by atoms with Gasteiger partial charge in [-0.15, -0.1) is 0 Å². The number of benzene rings is 2. The Bertz CT molecular complexity index is 859. The molecule has 1 aliphatic rings. The summed E-state index contributed by atoms with van der Waals surface area (Å²) in [6.45, 7) is 6.21. The number of amides is 3. The fourth-order valence-corrected chi connectivity index (χ4v) is 2.80. The van der Waals surface area contributed by atoms with Gasteiger partial charge in [0.25, 0.3) is 17.7 Å². The average Bonchev–Trinajstić information content (AvgIpc) is 2.87. The number of imide groups is 1. The summed E-state index contributed by atoms with van der Waals surface area (Å²) in [5.41, 5.74) is 1.90. The minimum absolute atomic E-state index is 0.0164. The third kappa shape index (κ3) is 3.38. The number of carbonyl (C=O) groups is 3. The number of nitrogens with one attached hydrogen (secondary N) is 1. The minimum atomic E-state index is -0.361. The minimum Gasteiger partial charge on any atom is -0.349 e. The Balaban J connectivity index is 1.82. The molecule has 5 nitrogen and oxygen atoms in total. The van der Waals surface area contributed by atoms with E-state index < -0.39 is 0 Å². The first-order valence-corrected chi connectivity index (χ1v) is 8.73. The van der Waals surface area contributed by atoms with E-state index in [9.17, 15) is 14.4 Å². The van der Waals surface area contributed by atoms with E-state index in [1.54, 1.807) is 12.1 Å². The van der Waals surface area contributed by atoms with Gasteiger partial charge >= 0.3 is 0 Å². The molecule has 0 radical (unpaired) electrons. The number of nitrogens with zero attached hydrogens (tertiary/aromatic N) is 1. The SMILES string of the molecule is CC(C)C(C)NC(=O)c1ccc2c(c1)C(=O)N(Cc1ccccc1)C2=O. The second-order valence-corrected chi connectivity index (χ2v) is 6.95. The van der Waals surface area contributed by atoms with Crippen molar-refractivity contribution in [1.29, 1.82) is 0 Å². The topological polar surface area (TPSA) is 66.5 Å². The van der Waals surface area contributed by atoms with Gasteiger partial charge in [-0.3, -0.25) is 19.3 Å². The molecule has 1 N–H and O–H groups in total. The van der Waals surface area contributed by atoms with Crippen molar-refractivity contribution in [1.82, 2.24) is 10.2 Å². The van der Waals surface area contributed by atoms with Gasteiger partial charge in [-0.2, -0.15) is 0 Å². The zero-order valence-corrected chi connectivity index (χ0v) is 15.2. The highest BCUT2D eigenvalue weighted by atomic mass is 16.2. The third-order valence-corrected chi connectivity index (χ3v) is 4.78. The third-order valence-electron chi connectivity index (χ3n) is 4.78. The van der Waals surface area contributed by atoms with Crippen LogP contribution in [0.4, 0.5) is 0 Å². The van der Waals surface area contributed by atoms with Gasteiger partial charge in [0.15, 0.2) is 0 Å². The molecule has 0 saturated carbocycles. The Kier molecular flexibility index (Phi) is 4.89. The van der Waals surface area contributed by atoms with E-state index in [-0.39, 0.29) is 35.9 Å². The molecule has 0 spiro atoms. The Morgan fingerprint density at radius 2 is 1.62 bits per heavy atom. The van der Waals surface area contributed by atoms with Gasteiger partial charge in [-0.25, -0.2) is 0 Å². The smallest absolute Gasteiger partial charge is 0.261 e. The Labute approximate surface area is 153 Å². The van der Waals surface area contributed by atoms with E-state index in [0.29, 0.717) is 17.0 Å². The standard InChI is InChI=1S/C21H22N2O3/c1-13(2)14(3)22-19(24)16-9-10-17-18(11-16)21(26)23(20(17)25)12-15-7-5-4-6-8-15/h4-11,13-14H,12H2,1-3H3,(H,22,24). The van der Waals surface area contributed by atoms with Gasteiger partial charge in [0.1, 0.15) is 0 Å². The Hall–Kier alpha value is -2.95. The van der Waals surface area contributed by atoms with Crippen LogP contribution in [0.15, 0.2) is 48.5 Å². The summed E-state index contributed by atoms with van der Waals surface area (Å²) in [7, 11) is 0. The lowest BCUT2D eigenvalue weighted by atomic mass is 10.0. The van der Waals surface area contributed by atoms with Crippen LogP contribution in [0, 0.1) is 5.92 Å². The van der Waals surface area contributed by atoms with Crippen molar-refractivity contribution in [3.63, 3.8) is 0 Å². The molecule has 0 bridgehead atoms. The average molecular weight is 350 g/mol. The molecule has 0 saturated heterocycles. The zero-order chi connectivity index (χ0) is 18.8. The van der Waals surface area contributed by atoms with Crippen LogP contribution in [0.3, 0.4) is 0 Å². The zero-order valence-electron chi connectivity index (χ0n) is 15.2. The lowest BCUT2D eigenvalue weighted by Gasteiger charge is -2.17. The monoisotopic (exact) mass is 350 g/mol. The van der Waals surface area contributed by atoms with Crippen LogP contribution in [-0.4, -0.2) is 28.7 Å². The van der Waals surface area contributed by atoms with Crippen LogP contribution < -0.4 is 5.32 Å². The molecule has 5 heteroatoms. The van der Waals surface area contributed by atoms with Crippen LogP contribution in [0.1, 0.15) is 57.4 Å². The number of hydrogen-bond acceptors (Lipinski definition) is 3. The first kappa shape index (κ1) is 17.9. The Morgan fingerprint density at radius 1 is 0.962 bits per heavy atom. The van der Waals surface area contributed by atoms with E-state index in [1.807, 2.05) is 51.1 Å². The molecule has 3 rings (SSSR count). The molecule has 3 amide bonds. The second kappa shape index (κ2) is 7.12. The van der Waals surface area contributed by atoms with Gasteiger partial charge in [-0.1, -0.05) is 44.2 Å². The summed E-state index contributed by atoms with van der Waals surface area (Å²) in [5.74, 6) is -0.620. The van der Waals surface area contributed by atoms with E-state index in [2.05, 4.69) is 5.32 Å². The van der Waals surface area contributed by atoms with Gasteiger partial charge in [0.05, 0.1) is 17.7 Å². The van der Waals surface area contributed by atoms with Crippen molar-refractivity contribution in [3.8, 4) is 0 Å². The fraction of sp³-hybridized carbons (Fsp3) is 0.286. The molecule has 26 heavy (non-hydrogen) atoms. The van der Waals surface area contributed by atoms with Crippen molar-refractivity contribution in [2.75, 3.05) is 0 Å². The first-order chi connectivity index (χ1) is 12.4. The first-order valence-electron chi connectivity index (χ1n) is 8.73. The van der Waals surface area contributed by atoms with E-state index in [0.717, 1.165) is 5.56 Å². The molecular formula is C21H22N2O3. The highest BCUT2D eigenvalue weighted by molar-refractivity contribution is 6.22. The predicted molar refractivity (Wildman–Crippen MR) is 98.9 cm³/mol. The van der Waals surface area contributed by atoms with Gasteiger partial charge in [0, 0.05) is 11.6 Å². The van der Waals surface area contributed by atoms with Crippen molar-refractivity contribution in [2.24, 2.45) is 5.92 Å². The summed E-state index contributed by atoms with van der Waals surface area (Å²) >= 11 is 0. The molecular weight excluding hydrogens is 328 g/mol. The maximum atomic E-state index is 12.7. The maximum Gasteiger partial charge on any atom is 0.261 e. The van der Waals surface area contributed by atoms with Crippen molar-refractivity contribution in [3.05, 3.63) is 70.8 Å². The van der Waals surface area contributed by atoms with Crippen LogP contribution in [-0.2, 0) is 6.54 Å². The molecule has 134 valence electrons. The van der Waals surface area contributed by atoms with E-state index in [4.69, 9.17) is 0 Å². The normalized spacial score (nSPS) is 14.5. The van der Waals surface area contributed by atoms with Gasteiger partial charge in [0.2, 0.25) is 0 Å². The maximum absolute atomic E-state index is 12.7. The molecule has 1 heterocycles. The summed E-state index contributed by atoms with van der Waals surface area (Å²) in [4.78, 5) is 38.9. The number of fused-ring (bicyclic) bond motifs is 1. The molecule has 1 atom stereocenters. The summed E-state index contributed by atoms with van der Waals surface area (Å²) < 4.78 is 0. The van der Waals surface area contributed by atoms with E-state index in [1.165, 1.54) is 11.0 Å². The highest BCUT2D eigenvalue weighted by Gasteiger charge is 2.36. The molecule has 0 fully saturated rings. The fourth-order valence-electron chi connectivity index (χ4n) is 2.80. The molecule has 0 aromatic heterocycles. The summed E-state index contributed by atoms with van der Waals surface area (Å²) in [6, 6.07) is 14.1. The lowest BCUT2D eigenvalue weighted by Crippen LogP contribution is -2.36. The summed E-state index contributed by atoms with van der Waals surface area (Å²) in [5, 5.41) is 2.92.